The van der Waals surface area contributed by atoms with Gasteiger partial charge in [0.1, 0.15) is 11.5 Å². The molecule has 0 radical (unpaired) electrons. The van der Waals surface area contributed by atoms with E-state index in [4.69, 9.17) is 14.6 Å². The highest BCUT2D eigenvalue weighted by Crippen LogP contribution is 2.29. The van der Waals surface area contributed by atoms with Gasteiger partial charge in [-0.2, -0.15) is 14.6 Å². The standard InChI is InChI=1S/C33H28FN5O3S/c1-4-16-42-27-14-11-22(17-28(27)41-3)12-15-30-35-33-39(36-30)32(40)29(43-33)19-24-20-38(25-8-6-5-7-9-25)37-31(24)23-13-10-21(2)26(34)18-23/h5-15,17-20H,4,16H2,1-3H3/b15-12+,29-19-. The van der Waals surface area contributed by atoms with Crippen LogP contribution in [0.25, 0.3) is 40.1 Å². The second kappa shape index (κ2) is 12.0. The molecule has 43 heavy (non-hydrogen) atoms. The van der Waals surface area contributed by atoms with E-state index in [0.717, 1.165) is 17.7 Å². The first-order valence-electron chi connectivity index (χ1n) is 13.8. The molecule has 8 nitrogen and oxygen atoms in total. The Kier molecular flexibility index (Phi) is 7.84. The van der Waals surface area contributed by atoms with Gasteiger partial charge in [-0.15, -0.1) is 5.10 Å². The molecule has 0 saturated heterocycles. The molecule has 0 aliphatic rings. The average Bonchev–Trinajstić information content (AvgIpc) is 3.71. The maximum atomic E-state index is 14.5. The SMILES string of the molecule is CCCOc1ccc(/C=C/c2nc3s/c(=C\c4cn(-c5ccccc5)nc4-c4ccc(C)c(F)c4)c(=O)n3n2)cc1OC. The summed E-state index contributed by atoms with van der Waals surface area (Å²) in [5.74, 6) is 1.42. The van der Waals surface area contributed by atoms with Gasteiger partial charge in [0.05, 0.1) is 23.9 Å². The second-order valence-corrected chi connectivity index (χ2v) is 10.9. The van der Waals surface area contributed by atoms with Crippen LogP contribution >= 0.6 is 11.3 Å². The normalized spacial score (nSPS) is 12.0. The van der Waals surface area contributed by atoms with Crippen LogP contribution in [-0.2, 0) is 0 Å². The summed E-state index contributed by atoms with van der Waals surface area (Å²) in [5.41, 5.74) is 3.83. The Morgan fingerprint density at radius 1 is 1.00 bits per heavy atom. The Hall–Kier alpha value is -5.09. The largest absolute Gasteiger partial charge is 0.493 e. The first-order valence-corrected chi connectivity index (χ1v) is 14.6. The van der Waals surface area contributed by atoms with Crippen LogP contribution in [0.4, 0.5) is 4.39 Å². The number of thiazole rings is 1. The summed E-state index contributed by atoms with van der Waals surface area (Å²) in [6.07, 6.45) is 8.10. The van der Waals surface area contributed by atoms with Crippen molar-refractivity contribution in [3.63, 3.8) is 0 Å². The van der Waals surface area contributed by atoms with Gasteiger partial charge >= 0.3 is 0 Å². The van der Waals surface area contributed by atoms with Crippen LogP contribution in [0.1, 0.15) is 35.9 Å². The summed E-state index contributed by atoms with van der Waals surface area (Å²) in [7, 11) is 1.60. The number of fused-ring (bicyclic) bond motifs is 1. The van der Waals surface area contributed by atoms with Crippen LogP contribution in [0.15, 0.2) is 77.7 Å². The number of benzene rings is 3. The smallest absolute Gasteiger partial charge is 0.291 e. The number of hydrogen-bond donors (Lipinski definition) is 0. The fourth-order valence-electron chi connectivity index (χ4n) is 4.52. The van der Waals surface area contributed by atoms with Crippen LogP contribution in [0, 0.1) is 12.7 Å². The predicted molar refractivity (Wildman–Crippen MR) is 167 cm³/mol. The van der Waals surface area contributed by atoms with Crippen molar-refractivity contribution in [3.8, 4) is 28.4 Å². The molecule has 10 heteroatoms. The van der Waals surface area contributed by atoms with Crippen molar-refractivity contribution in [2.75, 3.05) is 13.7 Å². The van der Waals surface area contributed by atoms with E-state index in [1.807, 2.05) is 73.8 Å². The van der Waals surface area contributed by atoms with Gasteiger partial charge in [-0.1, -0.05) is 60.7 Å². The third-order valence-electron chi connectivity index (χ3n) is 6.77. The topological polar surface area (TPSA) is 83.5 Å². The summed E-state index contributed by atoms with van der Waals surface area (Å²) < 4.78 is 29.1. The highest BCUT2D eigenvalue weighted by atomic mass is 32.1. The lowest BCUT2D eigenvalue weighted by Gasteiger charge is -2.10. The van der Waals surface area contributed by atoms with Crippen molar-refractivity contribution in [3.05, 3.63) is 116 Å². The number of hydrogen-bond acceptors (Lipinski definition) is 7. The molecular weight excluding hydrogens is 565 g/mol. The molecule has 0 bridgehead atoms. The van der Waals surface area contributed by atoms with Crippen LogP contribution in [0.3, 0.4) is 0 Å². The van der Waals surface area contributed by atoms with E-state index in [1.54, 1.807) is 36.9 Å². The summed E-state index contributed by atoms with van der Waals surface area (Å²) in [6.45, 7) is 4.37. The van der Waals surface area contributed by atoms with Crippen LogP contribution in [0.5, 0.6) is 11.5 Å². The Morgan fingerprint density at radius 2 is 1.84 bits per heavy atom. The van der Waals surface area contributed by atoms with E-state index in [1.165, 1.54) is 21.9 Å². The van der Waals surface area contributed by atoms with E-state index < -0.39 is 0 Å². The number of methoxy groups -OCH3 is 1. The minimum Gasteiger partial charge on any atom is -0.493 e. The van der Waals surface area contributed by atoms with E-state index in [-0.39, 0.29) is 11.4 Å². The zero-order chi connectivity index (χ0) is 29.9. The number of ether oxygens (including phenoxy) is 2. The fraction of sp³-hybridized carbons (Fsp3) is 0.152. The van der Waals surface area contributed by atoms with Gasteiger partial charge in [0, 0.05) is 17.3 Å². The van der Waals surface area contributed by atoms with Crippen molar-refractivity contribution in [1.29, 1.82) is 0 Å². The minimum atomic E-state index is -0.319. The predicted octanol–water partition coefficient (Wildman–Crippen LogP) is 5.97. The number of halogens is 1. The van der Waals surface area contributed by atoms with Crippen molar-refractivity contribution >= 4 is 34.5 Å². The number of rotatable bonds is 9. The minimum absolute atomic E-state index is 0.292. The van der Waals surface area contributed by atoms with Crippen LogP contribution < -0.4 is 19.6 Å². The molecule has 3 aromatic heterocycles. The molecule has 216 valence electrons. The van der Waals surface area contributed by atoms with E-state index in [0.29, 0.717) is 55.8 Å². The first kappa shape index (κ1) is 28.0. The maximum Gasteiger partial charge on any atom is 0.291 e. The van der Waals surface area contributed by atoms with Gasteiger partial charge < -0.3 is 9.47 Å². The molecule has 0 spiro atoms. The molecule has 3 aromatic carbocycles. The van der Waals surface area contributed by atoms with Crippen molar-refractivity contribution < 1.29 is 13.9 Å². The lowest BCUT2D eigenvalue weighted by molar-refractivity contribution is 0.294. The molecule has 0 aliphatic carbocycles. The molecule has 0 unspecified atom stereocenters. The Morgan fingerprint density at radius 3 is 2.58 bits per heavy atom. The van der Waals surface area contributed by atoms with Gasteiger partial charge in [0.15, 0.2) is 17.3 Å². The lowest BCUT2D eigenvalue weighted by atomic mass is 10.1. The zero-order valence-corrected chi connectivity index (χ0v) is 24.6. The number of para-hydroxylation sites is 1. The molecule has 6 rings (SSSR count). The molecule has 0 fully saturated rings. The van der Waals surface area contributed by atoms with Gasteiger partial charge in [0.25, 0.3) is 5.56 Å². The van der Waals surface area contributed by atoms with Gasteiger partial charge in [-0.25, -0.2) is 9.07 Å². The molecule has 6 aromatic rings. The molecule has 0 atom stereocenters. The molecule has 0 aliphatic heterocycles. The van der Waals surface area contributed by atoms with E-state index in [9.17, 15) is 9.18 Å². The van der Waals surface area contributed by atoms with Crippen molar-refractivity contribution in [1.82, 2.24) is 24.4 Å². The molecule has 0 N–H and O–H groups in total. The Labute approximate surface area is 251 Å². The van der Waals surface area contributed by atoms with Crippen molar-refractivity contribution in [2.45, 2.75) is 20.3 Å². The third-order valence-corrected chi connectivity index (χ3v) is 7.73. The van der Waals surface area contributed by atoms with Crippen LogP contribution in [0.2, 0.25) is 0 Å². The zero-order valence-electron chi connectivity index (χ0n) is 23.8. The highest BCUT2D eigenvalue weighted by Gasteiger charge is 2.15. The van der Waals surface area contributed by atoms with Gasteiger partial charge in [-0.3, -0.25) is 4.79 Å². The summed E-state index contributed by atoms with van der Waals surface area (Å²) in [4.78, 5) is 18.4. The third kappa shape index (κ3) is 5.82. The first-order chi connectivity index (χ1) is 20.9. The molecule has 3 heterocycles. The molecule has 0 saturated carbocycles. The summed E-state index contributed by atoms with van der Waals surface area (Å²) >= 11 is 1.23. The summed E-state index contributed by atoms with van der Waals surface area (Å²) in [5, 5.41) is 9.16. The average molecular weight is 594 g/mol. The summed E-state index contributed by atoms with van der Waals surface area (Å²) in [6, 6.07) is 20.3. The van der Waals surface area contributed by atoms with Crippen molar-refractivity contribution in [2.24, 2.45) is 0 Å². The number of aryl methyl sites for hydroxylation is 1. The van der Waals surface area contributed by atoms with E-state index >= 15 is 0 Å². The Balaban J connectivity index is 1.34. The highest BCUT2D eigenvalue weighted by molar-refractivity contribution is 7.15. The van der Waals surface area contributed by atoms with Crippen LogP contribution in [-0.4, -0.2) is 38.1 Å². The quantitative estimate of drug-likeness (QED) is 0.206. The lowest BCUT2D eigenvalue weighted by Crippen LogP contribution is -2.23. The molecular formula is C33H28FN5O3S. The van der Waals surface area contributed by atoms with E-state index in [2.05, 4.69) is 10.1 Å². The fourth-order valence-corrected chi connectivity index (χ4v) is 5.43. The Bertz CT molecular complexity index is 2060. The second-order valence-electron chi connectivity index (χ2n) is 9.85. The number of aromatic nitrogens is 5. The number of nitrogens with zero attached hydrogens (tertiary/aromatic N) is 5. The van der Waals surface area contributed by atoms with Gasteiger partial charge in [-0.05, 0) is 67.0 Å². The van der Waals surface area contributed by atoms with Gasteiger partial charge in [0.2, 0.25) is 4.96 Å². The maximum absolute atomic E-state index is 14.5. The molecule has 0 amide bonds. The monoisotopic (exact) mass is 593 g/mol.